The molecule has 136 valence electrons. The van der Waals surface area contributed by atoms with Crippen LogP contribution in [0.3, 0.4) is 0 Å². The Morgan fingerprint density at radius 3 is 2.00 bits per heavy atom. The molecule has 0 aliphatic heterocycles. The number of hydrogen-bond donors (Lipinski definition) is 2. The number of phenolic OH excluding ortho intramolecular Hbond substituents is 2. The van der Waals surface area contributed by atoms with Gasteiger partial charge < -0.3 is 14.6 Å². The number of benzene rings is 2. The summed E-state index contributed by atoms with van der Waals surface area (Å²) in [7, 11) is 0. The Bertz CT molecular complexity index is 819. The molecule has 4 heteroatoms. The highest BCUT2D eigenvalue weighted by Crippen LogP contribution is 2.30. The second-order valence-corrected chi connectivity index (χ2v) is 4.17. The van der Waals surface area contributed by atoms with E-state index in [9.17, 15) is 15.0 Å². The number of rotatable bonds is 1. The Labute approximate surface area is 149 Å². The lowest BCUT2D eigenvalue weighted by molar-refractivity contribution is 0.472. The Balaban J connectivity index is 0.000000871. The van der Waals surface area contributed by atoms with Crippen molar-refractivity contribution in [2.45, 2.75) is 41.5 Å². The molecule has 0 unspecified atom stereocenters. The fourth-order valence-corrected chi connectivity index (χ4v) is 1.96. The Morgan fingerprint density at radius 1 is 0.800 bits per heavy atom. The van der Waals surface area contributed by atoms with Gasteiger partial charge in [0.1, 0.15) is 22.8 Å². The van der Waals surface area contributed by atoms with E-state index in [-0.39, 0.29) is 28.3 Å². The van der Waals surface area contributed by atoms with Crippen molar-refractivity contribution in [1.82, 2.24) is 0 Å². The van der Waals surface area contributed by atoms with Gasteiger partial charge in [-0.25, -0.2) is 0 Å². The molecule has 0 amide bonds. The van der Waals surface area contributed by atoms with E-state index in [2.05, 4.69) is 0 Å². The summed E-state index contributed by atoms with van der Waals surface area (Å²) in [6, 6.07) is 12.2. The first-order chi connectivity index (χ1) is 12.1. The molecule has 0 bridgehead atoms. The minimum atomic E-state index is -0.223. The molecular weight excluding hydrogens is 316 g/mol. The predicted molar refractivity (Wildman–Crippen MR) is 105 cm³/mol. The van der Waals surface area contributed by atoms with Gasteiger partial charge in [0, 0.05) is 12.1 Å². The third-order valence-corrected chi connectivity index (χ3v) is 2.88. The molecular formula is C21H28O4. The minimum absolute atomic E-state index is 0.0186. The number of fused-ring (bicyclic) bond motifs is 1. The lowest BCUT2D eigenvalue weighted by Gasteiger charge is -2.05. The first-order valence-corrected chi connectivity index (χ1v) is 8.70. The summed E-state index contributed by atoms with van der Waals surface area (Å²) in [5, 5.41) is 19.6. The van der Waals surface area contributed by atoms with Gasteiger partial charge in [-0.15, -0.1) is 0 Å². The van der Waals surface area contributed by atoms with E-state index in [1.54, 1.807) is 18.2 Å². The van der Waals surface area contributed by atoms with Crippen LogP contribution in [0.25, 0.3) is 22.3 Å². The quantitative estimate of drug-likeness (QED) is 0.572. The van der Waals surface area contributed by atoms with E-state index in [0.717, 1.165) is 0 Å². The van der Waals surface area contributed by atoms with Gasteiger partial charge >= 0.3 is 0 Å². The van der Waals surface area contributed by atoms with Crippen molar-refractivity contribution in [1.29, 1.82) is 0 Å². The molecule has 3 rings (SSSR count). The molecule has 25 heavy (non-hydrogen) atoms. The molecule has 4 nitrogen and oxygen atoms in total. The van der Waals surface area contributed by atoms with Crippen LogP contribution in [0.4, 0.5) is 0 Å². The third-order valence-electron chi connectivity index (χ3n) is 2.88. The highest BCUT2D eigenvalue weighted by atomic mass is 16.3. The lowest BCUT2D eigenvalue weighted by Crippen LogP contribution is -2.00. The summed E-state index contributed by atoms with van der Waals surface area (Å²) in [4.78, 5) is 12.0. The molecule has 0 spiro atoms. The fourth-order valence-electron chi connectivity index (χ4n) is 1.96. The number of para-hydroxylation sites is 1. The standard InChI is InChI=1S/C15H10O4.3C2H6/c16-9-5-6-11-13(18)8-15(19-14(11)7-9)10-3-1-2-4-12(10)17;3*1-2/h1-8,16-17H;3*1-2H3. The van der Waals surface area contributed by atoms with Crippen LogP contribution in [0, 0.1) is 0 Å². The maximum absolute atomic E-state index is 12.0. The topological polar surface area (TPSA) is 70.7 Å². The van der Waals surface area contributed by atoms with E-state index in [1.165, 1.54) is 30.3 Å². The molecule has 0 saturated carbocycles. The molecule has 3 aromatic rings. The van der Waals surface area contributed by atoms with E-state index in [0.29, 0.717) is 10.9 Å². The second kappa shape index (κ2) is 11.7. The fraction of sp³-hybridized carbons (Fsp3) is 0.286. The maximum Gasteiger partial charge on any atom is 0.193 e. The summed E-state index contributed by atoms with van der Waals surface area (Å²) in [5.74, 6) is 0.316. The van der Waals surface area contributed by atoms with Crippen molar-refractivity contribution >= 4 is 11.0 Å². The zero-order chi connectivity index (χ0) is 19.4. The van der Waals surface area contributed by atoms with Crippen LogP contribution in [-0.4, -0.2) is 10.2 Å². The lowest BCUT2D eigenvalue weighted by atomic mass is 10.1. The largest absolute Gasteiger partial charge is 0.508 e. The summed E-state index contributed by atoms with van der Waals surface area (Å²) in [6.07, 6.45) is 0. The molecule has 2 N–H and O–H groups in total. The molecule has 1 aromatic heterocycles. The summed E-state index contributed by atoms with van der Waals surface area (Å²) >= 11 is 0. The van der Waals surface area contributed by atoms with E-state index >= 15 is 0 Å². The minimum Gasteiger partial charge on any atom is -0.508 e. The Morgan fingerprint density at radius 2 is 1.40 bits per heavy atom. The van der Waals surface area contributed by atoms with Crippen molar-refractivity contribution in [2.75, 3.05) is 0 Å². The van der Waals surface area contributed by atoms with E-state index in [1.807, 2.05) is 41.5 Å². The van der Waals surface area contributed by atoms with E-state index < -0.39 is 0 Å². The average molecular weight is 344 g/mol. The van der Waals surface area contributed by atoms with Crippen LogP contribution in [-0.2, 0) is 0 Å². The predicted octanol–water partition coefficient (Wildman–Crippen LogP) is 5.95. The monoisotopic (exact) mass is 344 g/mol. The normalized spacial score (nSPS) is 8.88. The van der Waals surface area contributed by atoms with Crippen LogP contribution in [0.15, 0.2) is 57.7 Å². The first-order valence-electron chi connectivity index (χ1n) is 8.70. The highest BCUT2D eigenvalue weighted by Gasteiger charge is 2.10. The van der Waals surface area contributed by atoms with Crippen molar-refractivity contribution in [2.24, 2.45) is 0 Å². The maximum atomic E-state index is 12.0. The van der Waals surface area contributed by atoms with Gasteiger partial charge in [-0.3, -0.25) is 4.79 Å². The second-order valence-electron chi connectivity index (χ2n) is 4.17. The van der Waals surface area contributed by atoms with E-state index in [4.69, 9.17) is 4.42 Å². The summed E-state index contributed by atoms with van der Waals surface area (Å²) in [6.45, 7) is 12.0. The van der Waals surface area contributed by atoms with Crippen molar-refractivity contribution in [3.8, 4) is 22.8 Å². The molecule has 1 heterocycles. The molecule has 2 aromatic carbocycles. The van der Waals surface area contributed by atoms with Gasteiger partial charge in [0.15, 0.2) is 5.43 Å². The summed E-state index contributed by atoms with van der Waals surface area (Å²) in [5.41, 5.74) is 0.495. The first kappa shape index (κ1) is 22.2. The third kappa shape index (κ3) is 5.68. The molecule has 0 aliphatic carbocycles. The molecule has 0 saturated heterocycles. The van der Waals surface area contributed by atoms with Gasteiger partial charge in [-0.05, 0) is 24.3 Å². The van der Waals surface area contributed by atoms with Crippen molar-refractivity contribution < 1.29 is 14.6 Å². The smallest absolute Gasteiger partial charge is 0.193 e. The molecule has 0 radical (unpaired) electrons. The highest BCUT2D eigenvalue weighted by molar-refractivity contribution is 5.80. The number of hydrogen-bond acceptors (Lipinski definition) is 4. The SMILES string of the molecule is CC.CC.CC.O=c1cc(-c2ccccc2O)oc2cc(O)ccc12. The van der Waals surface area contributed by atoms with Gasteiger partial charge in [0.05, 0.1) is 10.9 Å². The average Bonchev–Trinajstić information content (AvgIpc) is 2.66. The van der Waals surface area contributed by atoms with Gasteiger partial charge in [0.25, 0.3) is 0 Å². The molecule has 0 fully saturated rings. The zero-order valence-electron chi connectivity index (χ0n) is 15.8. The van der Waals surface area contributed by atoms with Gasteiger partial charge in [0.2, 0.25) is 0 Å². The number of aromatic hydroxyl groups is 2. The van der Waals surface area contributed by atoms with Crippen LogP contribution in [0.5, 0.6) is 11.5 Å². The Hall–Kier alpha value is -2.75. The van der Waals surface area contributed by atoms with Crippen LogP contribution >= 0.6 is 0 Å². The van der Waals surface area contributed by atoms with Crippen LogP contribution in [0.1, 0.15) is 41.5 Å². The van der Waals surface area contributed by atoms with Crippen molar-refractivity contribution in [3.05, 3.63) is 58.8 Å². The van der Waals surface area contributed by atoms with Crippen molar-refractivity contribution in [3.63, 3.8) is 0 Å². The number of phenols is 2. The van der Waals surface area contributed by atoms with Gasteiger partial charge in [-0.2, -0.15) is 0 Å². The molecule has 0 aliphatic rings. The summed E-state index contributed by atoms with van der Waals surface area (Å²) < 4.78 is 5.57. The van der Waals surface area contributed by atoms with Crippen LogP contribution < -0.4 is 5.43 Å². The zero-order valence-corrected chi connectivity index (χ0v) is 15.8. The van der Waals surface area contributed by atoms with Crippen LogP contribution in [0.2, 0.25) is 0 Å². The molecule has 0 atom stereocenters. The Kier molecular flexibility index (Phi) is 10.4. The van der Waals surface area contributed by atoms with Gasteiger partial charge in [-0.1, -0.05) is 53.7 Å².